The number of anilines is 3. The number of hydrogen-bond acceptors (Lipinski definition) is 1. The highest BCUT2D eigenvalue weighted by molar-refractivity contribution is 6.22. The van der Waals surface area contributed by atoms with Gasteiger partial charge in [0.05, 0.1) is 11.0 Å². The number of hydrogen-bond donors (Lipinski definition) is 0. The van der Waals surface area contributed by atoms with E-state index in [2.05, 4.69) is 253 Å². The van der Waals surface area contributed by atoms with Crippen molar-refractivity contribution in [3.05, 3.63) is 242 Å². The molecule has 0 N–H and O–H groups in total. The highest BCUT2D eigenvalue weighted by atomic mass is 15.1. The van der Waals surface area contributed by atoms with Crippen molar-refractivity contribution in [3.63, 3.8) is 0 Å². The summed E-state index contributed by atoms with van der Waals surface area (Å²) < 4.78 is 2.37. The molecule has 296 valence electrons. The van der Waals surface area contributed by atoms with Crippen molar-refractivity contribution in [1.82, 2.24) is 4.57 Å². The number of benzene rings is 11. The molecule has 0 saturated heterocycles. The second kappa shape index (κ2) is 15.1. The van der Waals surface area contributed by atoms with Gasteiger partial charge < -0.3 is 9.47 Å². The molecule has 12 rings (SSSR count). The summed E-state index contributed by atoms with van der Waals surface area (Å²) in [5.41, 5.74) is 15.5. The number of aryl methyl sites for hydroxylation is 1. The fourth-order valence-electron chi connectivity index (χ4n) is 9.87. The molecule has 63 heavy (non-hydrogen) atoms. The van der Waals surface area contributed by atoms with Crippen LogP contribution in [-0.2, 0) is 0 Å². The van der Waals surface area contributed by atoms with E-state index in [1.165, 1.54) is 93.1 Å². The smallest absolute Gasteiger partial charge is 0.0541 e. The van der Waals surface area contributed by atoms with Crippen molar-refractivity contribution in [2.45, 2.75) is 6.92 Å². The van der Waals surface area contributed by atoms with Crippen LogP contribution in [0.25, 0.3) is 93.2 Å². The van der Waals surface area contributed by atoms with E-state index in [0.717, 1.165) is 22.7 Å². The Morgan fingerprint density at radius 1 is 0.302 bits per heavy atom. The van der Waals surface area contributed by atoms with E-state index in [1.54, 1.807) is 0 Å². The summed E-state index contributed by atoms with van der Waals surface area (Å²) in [4.78, 5) is 2.34. The number of rotatable bonds is 7. The fraction of sp³-hybridized carbons (Fsp3) is 0.0164. The molecule has 0 aliphatic heterocycles. The van der Waals surface area contributed by atoms with Gasteiger partial charge in [0.15, 0.2) is 0 Å². The lowest BCUT2D eigenvalue weighted by Crippen LogP contribution is -2.10. The summed E-state index contributed by atoms with van der Waals surface area (Å²) in [6.45, 7) is 2.20. The van der Waals surface area contributed by atoms with E-state index >= 15 is 0 Å². The maximum absolute atomic E-state index is 2.37. The molecule has 2 nitrogen and oxygen atoms in total. The highest BCUT2D eigenvalue weighted by Crippen LogP contribution is 2.45. The highest BCUT2D eigenvalue weighted by Gasteiger charge is 2.19. The number of aromatic nitrogens is 1. The van der Waals surface area contributed by atoms with Crippen LogP contribution in [0, 0.1) is 6.92 Å². The Labute approximate surface area is 367 Å². The quantitative estimate of drug-likeness (QED) is 0.146. The predicted molar refractivity (Wildman–Crippen MR) is 269 cm³/mol. The Bertz CT molecular complexity index is 3600. The van der Waals surface area contributed by atoms with Crippen molar-refractivity contribution in [2.24, 2.45) is 0 Å². The monoisotopic (exact) mass is 802 g/mol. The maximum atomic E-state index is 2.37. The van der Waals surface area contributed by atoms with E-state index in [1.807, 2.05) is 0 Å². The van der Waals surface area contributed by atoms with Gasteiger partial charge in [-0.2, -0.15) is 0 Å². The SMILES string of the molecule is Cc1ccc2c(-c3ccc4ccccc4c3)c3ccccc3c(-c3ccc(-c4ccc(N(c5ccccc5)c5ccc(-n6c7ccccc7c7ccccc76)cc5)cc4)cc3)c2c1. The van der Waals surface area contributed by atoms with Crippen molar-refractivity contribution in [2.75, 3.05) is 4.90 Å². The Hall–Kier alpha value is -8.20. The van der Waals surface area contributed by atoms with Gasteiger partial charge in [0.25, 0.3) is 0 Å². The van der Waals surface area contributed by atoms with Crippen LogP contribution in [0.1, 0.15) is 5.56 Å². The van der Waals surface area contributed by atoms with Crippen LogP contribution < -0.4 is 4.90 Å². The molecular weight excluding hydrogens is 761 g/mol. The summed E-state index contributed by atoms with van der Waals surface area (Å²) in [6, 6.07) is 86.5. The van der Waals surface area contributed by atoms with Crippen molar-refractivity contribution in [1.29, 1.82) is 0 Å². The summed E-state index contributed by atoms with van der Waals surface area (Å²) in [5.74, 6) is 0. The predicted octanol–water partition coefficient (Wildman–Crippen LogP) is 17.0. The van der Waals surface area contributed by atoms with Crippen molar-refractivity contribution >= 4 is 71.2 Å². The van der Waals surface area contributed by atoms with Gasteiger partial charge in [0.1, 0.15) is 0 Å². The van der Waals surface area contributed by atoms with E-state index in [4.69, 9.17) is 0 Å². The van der Waals surface area contributed by atoms with Crippen LogP contribution in [0.15, 0.2) is 237 Å². The largest absolute Gasteiger partial charge is 0.311 e. The first-order chi connectivity index (χ1) is 31.2. The molecule has 12 aromatic rings. The maximum Gasteiger partial charge on any atom is 0.0541 e. The van der Waals surface area contributed by atoms with Crippen LogP contribution in [0.4, 0.5) is 17.1 Å². The lowest BCUT2D eigenvalue weighted by atomic mass is 9.85. The van der Waals surface area contributed by atoms with Gasteiger partial charge in [-0.25, -0.2) is 0 Å². The first-order valence-electron chi connectivity index (χ1n) is 21.8. The molecule has 11 aromatic carbocycles. The third kappa shape index (κ3) is 6.26. The van der Waals surface area contributed by atoms with E-state index in [0.29, 0.717) is 0 Å². The lowest BCUT2D eigenvalue weighted by Gasteiger charge is -2.26. The second-order valence-electron chi connectivity index (χ2n) is 16.6. The lowest BCUT2D eigenvalue weighted by molar-refractivity contribution is 1.17. The topological polar surface area (TPSA) is 8.17 Å². The van der Waals surface area contributed by atoms with E-state index in [-0.39, 0.29) is 0 Å². The Morgan fingerprint density at radius 2 is 0.762 bits per heavy atom. The van der Waals surface area contributed by atoms with Gasteiger partial charge in [-0.15, -0.1) is 0 Å². The minimum Gasteiger partial charge on any atom is -0.311 e. The van der Waals surface area contributed by atoms with E-state index < -0.39 is 0 Å². The van der Waals surface area contributed by atoms with Gasteiger partial charge in [-0.05, 0) is 139 Å². The summed E-state index contributed by atoms with van der Waals surface area (Å²) in [5, 5.41) is 10.1. The van der Waals surface area contributed by atoms with Crippen molar-refractivity contribution in [3.8, 4) is 39.1 Å². The Kier molecular flexibility index (Phi) is 8.76. The average molecular weight is 803 g/mol. The van der Waals surface area contributed by atoms with Gasteiger partial charge in [0, 0.05) is 33.5 Å². The molecular formula is C61H42N2. The minimum atomic E-state index is 1.10. The Balaban J connectivity index is 0.901. The Morgan fingerprint density at radius 3 is 1.41 bits per heavy atom. The zero-order chi connectivity index (χ0) is 41.9. The fourth-order valence-corrected chi connectivity index (χ4v) is 9.87. The molecule has 0 atom stereocenters. The number of fused-ring (bicyclic) bond motifs is 6. The van der Waals surface area contributed by atoms with Crippen LogP contribution in [0.2, 0.25) is 0 Å². The minimum absolute atomic E-state index is 1.10. The molecule has 2 heteroatoms. The standard InChI is InChI=1S/C61H42N2/c1-41-23-38-56-57(39-41)60(54-19-7-8-20-55(54)61(56)47-29-26-42-13-5-6-14-46(42)40-47)45-27-24-43(25-28-45)44-30-32-49(33-31-44)62(48-15-3-2-4-16-48)50-34-36-51(37-35-50)63-58-21-11-9-17-52(58)53-18-10-12-22-59(53)63/h2-40H,1H3. The first-order valence-corrected chi connectivity index (χ1v) is 21.8. The molecule has 0 fully saturated rings. The average Bonchev–Trinajstić information content (AvgIpc) is 3.68. The van der Waals surface area contributed by atoms with Gasteiger partial charge in [-0.1, -0.05) is 175 Å². The summed E-state index contributed by atoms with van der Waals surface area (Å²) in [7, 11) is 0. The molecule has 1 heterocycles. The van der Waals surface area contributed by atoms with Gasteiger partial charge in [0.2, 0.25) is 0 Å². The number of nitrogens with zero attached hydrogens (tertiary/aromatic N) is 2. The molecule has 0 radical (unpaired) electrons. The zero-order valence-electron chi connectivity index (χ0n) is 34.9. The van der Waals surface area contributed by atoms with Crippen molar-refractivity contribution < 1.29 is 0 Å². The number of para-hydroxylation sites is 3. The molecule has 0 aliphatic carbocycles. The molecule has 1 aromatic heterocycles. The third-order valence-electron chi connectivity index (χ3n) is 12.8. The van der Waals surface area contributed by atoms with Crippen LogP contribution in [-0.4, -0.2) is 4.57 Å². The van der Waals surface area contributed by atoms with Crippen LogP contribution in [0.3, 0.4) is 0 Å². The van der Waals surface area contributed by atoms with Crippen LogP contribution in [0.5, 0.6) is 0 Å². The molecule has 0 bridgehead atoms. The van der Waals surface area contributed by atoms with Gasteiger partial charge >= 0.3 is 0 Å². The molecule has 0 saturated carbocycles. The zero-order valence-corrected chi connectivity index (χ0v) is 34.9. The van der Waals surface area contributed by atoms with Crippen LogP contribution >= 0.6 is 0 Å². The first kappa shape index (κ1) is 36.6. The molecule has 0 spiro atoms. The summed E-state index contributed by atoms with van der Waals surface area (Å²) in [6.07, 6.45) is 0. The van der Waals surface area contributed by atoms with Gasteiger partial charge in [-0.3, -0.25) is 0 Å². The molecule has 0 amide bonds. The summed E-state index contributed by atoms with van der Waals surface area (Å²) >= 11 is 0. The third-order valence-corrected chi connectivity index (χ3v) is 12.8. The molecule has 0 aliphatic rings. The van der Waals surface area contributed by atoms with E-state index in [9.17, 15) is 0 Å². The normalized spacial score (nSPS) is 11.6. The molecule has 0 unspecified atom stereocenters. The second-order valence-corrected chi connectivity index (χ2v) is 16.6.